The summed E-state index contributed by atoms with van der Waals surface area (Å²) in [5.74, 6) is 0.709. The number of amides is 2. The lowest BCUT2D eigenvalue weighted by molar-refractivity contribution is -0.130. The van der Waals surface area contributed by atoms with Crippen LogP contribution in [-0.2, 0) is 15.0 Å². The average Bonchev–Trinajstić information content (AvgIpc) is 2.86. The summed E-state index contributed by atoms with van der Waals surface area (Å²) in [6.45, 7) is 3.34. The molecular formula is C21H28N2O2. The Labute approximate surface area is 150 Å². The van der Waals surface area contributed by atoms with Gasteiger partial charge in [0, 0.05) is 32.5 Å². The number of likely N-dealkylation sites (tertiary alicyclic amines) is 1. The van der Waals surface area contributed by atoms with Crippen LogP contribution in [0.3, 0.4) is 0 Å². The van der Waals surface area contributed by atoms with Gasteiger partial charge in [0.05, 0.1) is 0 Å². The van der Waals surface area contributed by atoms with Crippen LogP contribution < -0.4 is 5.32 Å². The zero-order chi connectivity index (χ0) is 17.4. The summed E-state index contributed by atoms with van der Waals surface area (Å²) in [5, 5.41) is 3.20. The molecule has 1 atom stereocenters. The summed E-state index contributed by atoms with van der Waals surface area (Å²) in [4.78, 5) is 26.1. The first-order valence-corrected chi connectivity index (χ1v) is 9.72. The molecule has 1 saturated heterocycles. The van der Waals surface area contributed by atoms with E-state index in [1.807, 2.05) is 4.90 Å². The molecule has 2 amide bonds. The van der Waals surface area contributed by atoms with Crippen LogP contribution in [0.5, 0.6) is 0 Å². The lowest BCUT2D eigenvalue weighted by Crippen LogP contribution is -2.43. The summed E-state index contributed by atoms with van der Waals surface area (Å²) in [6.07, 6.45) is 7.21. The molecule has 1 N–H and O–H groups in total. The van der Waals surface area contributed by atoms with Gasteiger partial charge in [0.1, 0.15) is 0 Å². The molecule has 1 aliphatic heterocycles. The summed E-state index contributed by atoms with van der Waals surface area (Å²) >= 11 is 0. The van der Waals surface area contributed by atoms with Crippen molar-refractivity contribution in [2.75, 3.05) is 13.1 Å². The molecule has 4 rings (SSSR count). The minimum atomic E-state index is 0.157. The first-order valence-electron chi connectivity index (χ1n) is 9.72. The van der Waals surface area contributed by atoms with E-state index in [-0.39, 0.29) is 17.2 Å². The number of nitrogens with zero attached hydrogens (tertiary/aromatic N) is 1. The van der Waals surface area contributed by atoms with Crippen molar-refractivity contribution in [3.8, 4) is 0 Å². The maximum atomic E-state index is 12.5. The summed E-state index contributed by atoms with van der Waals surface area (Å²) < 4.78 is 0. The Hall–Kier alpha value is -1.84. The van der Waals surface area contributed by atoms with Crippen molar-refractivity contribution in [2.24, 2.45) is 0 Å². The van der Waals surface area contributed by atoms with E-state index in [0.717, 1.165) is 45.2 Å². The van der Waals surface area contributed by atoms with Crippen LogP contribution in [0.15, 0.2) is 24.3 Å². The molecule has 2 fully saturated rings. The van der Waals surface area contributed by atoms with E-state index in [1.54, 1.807) is 6.92 Å². The smallest absolute Gasteiger partial charge is 0.220 e. The molecule has 134 valence electrons. The van der Waals surface area contributed by atoms with Gasteiger partial charge in [0.25, 0.3) is 0 Å². The lowest BCUT2D eigenvalue weighted by atomic mass is 9.73. The van der Waals surface area contributed by atoms with Crippen molar-refractivity contribution in [2.45, 2.75) is 69.2 Å². The zero-order valence-corrected chi connectivity index (χ0v) is 15.1. The molecule has 2 aliphatic carbocycles. The van der Waals surface area contributed by atoms with Gasteiger partial charge < -0.3 is 10.2 Å². The van der Waals surface area contributed by atoms with Crippen LogP contribution in [-0.4, -0.2) is 35.8 Å². The van der Waals surface area contributed by atoms with Crippen LogP contribution in [0.2, 0.25) is 0 Å². The molecular weight excluding hydrogens is 312 g/mol. The zero-order valence-electron chi connectivity index (χ0n) is 15.1. The summed E-state index contributed by atoms with van der Waals surface area (Å²) in [7, 11) is 0. The molecule has 1 saturated carbocycles. The molecule has 25 heavy (non-hydrogen) atoms. The SMILES string of the molecule is CC(=O)N1CCC2(CC1)C[C@@H](CC(=O)NC1CCC1)c1ccccc12. The highest BCUT2D eigenvalue weighted by molar-refractivity contribution is 5.78. The Kier molecular flexibility index (Phi) is 4.30. The van der Waals surface area contributed by atoms with E-state index < -0.39 is 0 Å². The highest BCUT2D eigenvalue weighted by Gasteiger charge is 2.45. The number of piperidine rings is 1. The van der Waals surface area contributed by atoms with Crippen molar-refractivity contribution >= 4 is 11.8 Å². The van der Waals surface area contributed by atoms with Crippen molar-refractivity contribution in [3.63, 3.8) is 0 Å². The largest absolute Gasteiger partial charge is 0.353 e. The van der Waals surface area contributed by atoms with Gasteiger partial charge in [-0.25, -0.2) is 0 Å². The first-order chi connectivity index (χ1) is 12.1. The third-order valence-corrected chi connectivity index (χ3v) is 6.68. The second-order valence-electron chi connectivity index (χ2n) is 8.17. The number of carbonyl (C=O) groups excluding carboxylic acids is 2. The Bertz CT molecular complexity index is 672. The van der Waals surface area contributed by atoms with Gasteiger partial charge in [-0.1, -0.05) is 24.3 Å². The van der Waals surface area contributed by atoms with Crippen molar-refractivity contribution in [1.82, 2.24) is 10.2 Å². The molecule has 4 nitrogen and oxygen atoms in total. The van der Waals surface area contributed by atoms with Gasteiger partial charge in [0.2, 0.25) is 11.8 Å². The predicted molar refractivity (Wildman–Crippen MR) is 97.4 cm³/mol. The molecule has 1 heterocycles. The number of rotatable bonds is 3. The lowest BCUT2D eigenvalue weighted by Gasteiger charge is -2.40. The molecule has 0 aromatic heterocycles. The molecule has 4 heteroatoms. The van der Waals surface area contributed by atoms with Gasteiger partial charge in [-0.15, -0.1) is 0 Å². The van der Waals surface area contributed by atoms with Crippen LogP contribution in [0.1, 0.15) is 68.9 Å². The van der Waals surface area contributed by atoms with Crippen LogP contribution >= 0.6 is 0 Å². The van der Waals surface area contributed by atoms with E-state index >= 15 is 0 Å². The van der Waals surface area contributed by atoms with Gasteiger partial charge in [-0.3, -0.25) is 9.59 Å². The number of nitrogens with one attached hydrogen (secondary N) is 1. The number of hydrogen-bond donors (Lipinski definition) is 1. The minimum absolute atomic E-state index is 0.157. The number of hydrogen-bond acceptors (Lipinski definition) is 2. The fraction of sp³-hybridized carbons (Fsp3) is 0.619. The van der Waals surface area contributed by atoms with Gasteiger partial charge in [-0.05, 0) is 61.0 Å². The van der Waals surface area contributed by atoms with Crippen LogP contribution in [0, 0.1) is 0 Å². The molecule has 1 spiro atoms. The average molecular weight is 340 g/mol. The van der Waals surface area contributed by atoms with Crippen molar-refractivity contribution < 1.29 is 9.59 Å². The Morgan fingerprint density at radius 2 is 1.92 bits per heavy atom. The predicted octanol–water partition coefficient (Wildman–Crippen LogP) is 3.11. The van der Waals surface area contributed by atoms with Gasteiger partial charge in [0.15, 0.2) is 0 Å². The summed E-state index contributed by atoms with van der Waals surface area (Å²) in [6, 6.07) is 9.09. The number of fused-ring (bicyclic) bond motifs is 2. The van der Waals surface area contributed by atoms with E-state index in [4.69, 9.17) is 0 Å². The third-order valence-electron chi connectivity index (χ3n) is 6.68. The van der Waals surface area contributed by atoms with E-state index in [1.165, 1.54) is 17.5 Å². The number of benzene rings is 1. The highest BCUT2D eigenvalue weighted by Crippen LogP contribution is 2.52. The second-order valence-corrected chi connectivity index (χ2v) is 8.17. The van der Waals surface area contributed by atoms with Crippen molar-refractivity contribution in [3.05, 3.63) is 35.4 Å². The molecule has 1 aromatic carbocycles. The molecule has 0 radical (unpaired) electrons. The van der Waals surface area contributed by atoms with Crippen molar-refractivity contribution in [1.29, 1.82) is 0 Å². The monoisotopic (exact) mass is 340 g/mol. The van der Waals surface area contributed by atoms with Crippen LogP contribution in [0.4, 0.5) is 0 Å². The maximum Gasteiger partial charge on any atom is 0.220 e. The molecule has 0 unspecified atom stereocenters. The molecule has 0 bridgehead atoms. The van der Waals surface area contributed by atoms with Gasteiger partial charge >= 0.3 is 0 Å². The van der Waals surface area contributed by atoms with E-state index in [0.29, 0.717) is 18.4 Å². The number of carbonyl (C=O) groups is 2. The minimum Gasteiger partial charge on any atom is -0.353 e. The second kappa shape index (κ2) is 6.47. The molecule has 3 aliphatic rings. The van der Waals surface area contributed by atoms with Gasteiger partial charge in [-0.2, -0.15) is 0 Å². The topological polar surface area (TPSA) is 49.4 Å². The fourth-order valence-electron chi connectivity index (χ4n) is 5.00. The Morgan fingerprint density at radius 1 is 1.20 bits per heavy atom. The first kappa shape index (κ1) is 16.6. The van der Waals surface area contributed by atoms with E-state index in [2.05, 4.69) is 29.6 Å². The highest BCUT2D eigenvalue weighted by atomic mass is 16.2. The fourth-order valence-corrected chi connectivity index (χ4v) is 5.00. The third kappa shape index (κ3) is 3.07. The Balaban J connectivity index is 1.50. The quantitative estimate of drug-likeness (QED) is 0.919. The standard InChI is InChI=1S/C21H28N2O2/c1-15(24)23-11-9-21(10-12-23)14-16(18-7-2-3-8-19(18)21)13-20(25)22-17-5-4-6-17/h2-3,7-8,16-17H,4-6,9-14H2,1H3,(H,22,25)/t16-/m1/s1. The Morgan fingerprint density at radius 3 is 2.56 bits per heavy atom. The normalized spacial score (nSPS) is 24.7. The summed E-state index contributed by atoms with van der Waals surface area (Å²) in [5.41, 5.74) is 2.95. The van der Waals surface area contributed by atoms with Crippen LogP contribution in [0.25, 0.3) is 0 Å². The maximum absolute atomic E-state index is 12.5. The molecule has 1 aromatic rings. The van der Waals surface area contributed by atoms with E-state index in [9.17, 15) is 9.59 Å².